The van der Waals surface area contributed by atoms with E-state index < -0.39 is 5.91 Å². The maximum Gasteiger partial charge on any atom is 0.256 e. The third kappa shape index (κ3) is 5.02. The van der Waals surface area contributed by atoms with Crippen LogP contribution in [0.2, 0.25) is 0 Å². The van der Waals surface area contributed by atoms with Gasteiger partial charge in [-0.05, 0) is 53.5 Å². The number of hydroxylamine groups is 1. The fourth-order valence-electron chi connectivity index (χ4n) is 3.14. The summed E-state index contributed by atoms with van der Waals surface area (Å²) in [5.41, 5.74) is 8.34. The molecule has 5 heteroatoms. The number of hydrogen-bond donors (Lipinski definition) is 1. The molecule has 0 bridgehead atoms. The number of hydrogen-bond acceptors (Lipinski definition) is 3. The Kier molecular flexibility index (Phi) is 6.96. The monoisotopic (exact) mass is 410 g/mol. The molecule has 0 aliphatic carbocycles. The Morgan fingerprint density at radius 2 is 1.60 bits per heavy atom. The van der Waals surface area contributed by atoms with Crippen molar-refractivity contribution >= 4 is 17.5 Å². The van der Waals surface area contributed by atoms with Gasteiger partial charge >= 0.3 is 0 Å². The molecular formula is C25H34N2O3. The van der Waals surface area contributed by atoms with E-state index >= 15 is 0 Å². The van der Waals surface area contributed by atoms with Crippen LogP contribution in [0.5, 0.6) is 5.75 Å². The summed E-state index contributed by atoms with van der Waals surface area (Å²) in [5.74, 6) is -0.230. The average Bonchev–Trinajstić information content (AvgIpc) is 2.71. The minimum Gasteiger partial charge on any atom is -0.372 e. The van der Waals surface area contributed by atoms with E-state index in [9.17, 15) is 9.59 Å². The number of amides is 2. The van der Waals surface area contributed by atoms with Crippen molar-refractivity contribution in [2.75, 3.05) is 5.06 Å². The number of rotatable bonds is 8. The molecule has 30 heavy (non-hydrogen) atoms. The van der Waals surface area contributed by atoms with Gasteiger partial charge < -0.3 is 10.6 Å². The van der Waals surface area contributed by atoms with Gasteiger partial charge in [-0.25, -0.2) is 0 Å². The summed E-state index contributed by atoms with van der Waals surface area (Å²) in [6.45, 7) is 14.5. The summed E-state index contributed by atoms with van der Waals surface area (Å²) in [7, 11) is 0. The van der Waals surface area contributed by atoms with Crippen molar-refractivity contribution < 1.29 is 14.4 Å². The van der Waals surface area contributed by atoms with Gasteiger partial charge in [0.25, 0.3) is 5.91 Å². The minimum atomic E-state index is -0.556. The SMILES string of the molecule is CCC(C)(C)c1ccc(ON(C(C)=O)c2cccc(C(N)=O)c2)c(C(C)(C)CC)c1. The zero-order chi connectivity index (χ0) is 22.7. The first-order valence-electron chi connectivity index (χ1n) is 10.5. The van der Waals surface area contributed by atoms with E-state index in [1.807, 2.05) is 6.07 Å². The van der Waals surface area contributed by atoms with Crippen LogP contribution in [-0.4, -0.2) is 11.8 Å². The standard InChI is InChI=1S/C25H34N2O3/c1-8-24(4,5)19-13-14-22(21(16-19)25(6,7)9-2)30-27(17(3)28)20-12-10-11-18(15-20)23(26)29/h10-16H,8-9H2,1-7H3,(H2,26,29). The van der Waals surface area contributed by atoms with Gasteiger partial charge in [0.2, 0.25) is 5.91 Å². The first-order chi connectivity index (χ1) is 13.9. The van der Waals surface area contributed by atoms with Crippen molar-refractivity contribution in [3.8, 4) is 5.75 Å². The van der Waals surface area contributed by atoms with Crippen LogP contribution >= 0.6 is 0 Å². The zero-order valence-corrected chi connectivity index (χ0v) is 19.2. The molecule has 0 aliphatic rings. The van der Waals surface area contributed by atoms with Crippen molar-refractivity contribution in [1.82, 2.24) is 0 Å². The molecule has 0 unspecified atom stereocenters. The van der Waals surface area contributed by atoms with Gasteiger partial charge in [0.15, 0.2) is 5.75 Å². The molecule has 0 aromatic heterocycles. The maximum atomic E-state index is 12.4. The first kappa shape index (κ1) is 23.5. The van der Waals surface area contributed by atoms with Gasteiger partial charge in [-0.2, -0.15) is 0 Å². The first-order valence-corrected chi connectivity index (χ1v) is 10.5. The molecule has 0 heterocycles. The number of anilines is 1. The van der Waals surface area contributed by atoms with Gasteiger partial charge in [-0.15, -0.1) is 5.06 Å². The quantitative estimate of drug-likeness (QED) is 0.583. The van der Waals surface area contributed by atoms with Gasteiger partial charge in [0.1, 0.15) is 0 Å². The van der Waals surface area contributed by atoms with Gasteiger partial charge in [0.05, 0.1) is 5.69 Å². The van der Waals surface area contributed by atoms with E-state index in [4.69, 9.17) is 10.6 Å². The number of nitrogens with zero attached hydrogens (tertiary/aromatic N) is 1. The van der Waals surface area contributed by atoms with Crippen LogP contribution in [0.4, 0.5) is 5.69 Å². The van der Waals surface area contributed by atoms with E-state index in [0.29, 0.717) is 17.0 Å². The lowest BCUT2D eigenvalue weighted by Crippen LogP contribution is -2.33. The number of primary amides is 1. The van der Waals surface area contributed by atoms with Crippen LogP contribution in [0, 0.1) is 0 Å². The maximum absolute atomic E-state index is 12.4. The summed E-state index contributed by atoms with van der Waals surface area (Å²) in [4.78, 5) is 30.1. The molecule has 0 saturated heterocycles. The summed E-state index contributed by atoms with van der Waals surface area (Å²) < 4.78 is 0. The molecule has 2 N–H and O–H groups in total. The van der Waals surface area contributed by atoms with Gasteiger partial charge in [0, 0.05) is 18.1 Å². The van der Waals surface area contributed by atoms with Crippen LogP contribution in [0.1, 0.15) is 82.8 Å². The second kappa shape index (κ2) is 8.90. The second-order valence-electron chi connectivity index (χ2n) is 9.01. The minimum absolute atomic E-state index is 0.0349. The number of carbonyl (C=O) groups is 2. The number of nitrogens with two attached hydrogens (primary N) is 1. The Morgan fingerprint density at radius 1 is 0.967 bits per heavy atom. The predicted octanol–water partition coefficient (Wildman–Crippen LogP) is 5.51. The van der Waals surface area contributed by atoms with E-state index in [1.54, 1.807) is 24.3 Å². The molecule has 2 amide bonds. The van der Waals surface area contributed by atoms with Crippen LogP contribution in [0.3, 0.4) is 0 Å². The molecule has 0 fully saturated rings. The molecule has 2 rings (SSSR count). The molecule has 0 aliphatic heterocycles. The molecule has 162 valence electrons. The van der Waals surface area contributed by atoms with Gasteiger partial charge in [-0.3, -0.25) is 9.59 Å². The topological polar surface area (TPSA) is 72.6 Å². The molecule has 5 nitrogen and oxygen atoms in total. The lowest BCUT2D eigenvalue weighted by Gasteiger charge is -2.32. The van der Waals surface area contributed by atoms with E-state index in [0.717, 1.165) is 18.4 Å². The summed E-state index contributed by atoms with van der Waals surface area (Å²) in [6.07, 6.45) is 1.93. The smallest absolute Gasteiger partial charge is 0.256 e. The molecular weight excluding hydrogens is 376 g/mol. The highest BCUT2D eigenvalue weighted by atomic mass is 16.7. The van der Waals surface area contributed by atoms with Gasteiger partial charge in [-0.1, -0.05) is 59.7 Å². The summed E-state index contributed by atoms with van der Waals surface area (Å²) in [5, 5.41) is 1.21. The predicted molar refractivity (Wildman–Crippen MR) is 122 cm³/mol. The second-order valence-corrected chi connectivity index (χ2v) is 9.01. The highest BCUT2D eigenvalue weighted by Crippen LogP contribution is 2.39. The van der Waals surface area contributed by atoms with Crippen molar-refractivity contribution in [1.29, 1.82) is 0 Å². The Morgan fingerprint density at radius 3 is 2.13 bits per heavy atom. The molecule has 0 atom stereocenters. The Balaban J connectivity index is 2.57. The van der Waals surface area contributed by atoms with Crippen LogP contribution in [0.25, 0.3) is 0 Å². The van der Waals surface area contributed by atoms with Crippen molar-refractivity contribution in [3.63, 3.8) is 0 Å². The normalized spacial score (nSPS) is 11.8. The van der Waals surface area contributed by atoms with Crippen LogP contribution in [-0.2, 0) is 15.6 Å². The molecule has 0 spiro atoms. The third-order valence-electron chi connectivity index (χ3n) is 6.10. The highest BCUT2D eigenvalue weighted by Gasteiger charge is 2.28. The van der Waals surface area contributed by atoms with E-state index in [1.165, 1.54) is 17.6 Å². The number of carbonyl (C=O) groups excluding carboxylic acids is 2. The lowest BCUT2D eigenvalue weighted by molar-refractivity contribution is -0.120. The Hall–Kier alpha value is -2.82. The van der Waals surface area contributed by atoms with Crippen LogP contribution in [0.15, 0.2) is 42.5 Å². The number of benzene rings is 2. The molecule has 2 aromatic rings. The van der Waals surface area contributed by atoms with E-state index in [-0.39, 0.29) is 16.7 Å². The summed E-state index contributed by atoms with van der Waals surface area (Å²) in [6, 6.07) is 12.8. The van der Waals surface area contributed by atoms with Crippen LogP contribution < -0.4 is 15.6 Å². The molecule has 0 saturated carbocycles. The molecule has 0 radical (unpaired) electrons. The fourth-order valence-corrected chi connectivity index (χ4v) is 3.14. The lowest BCUT2D eigenvalue weighted by atomic mass is 9.76. The largest absolute Gasteiger partial charge is 0.372 e. The fraction of sp³-hybridized carbons (Fsp3) is 0.440. The average molecular weight is 411 g/mol. The zero-order valence-electron chi connectivity index (χ0n) is 19.2. The molecule has 2 aromatic carbocycles. The highest BCUT2D eigenvalue weighted by molar-refractivity contribution is 5.96. The van der Waals surface area contributed by atoms with Crippen molar-refractivity contribution in [2.24, 2.45) is 5.73 Å². The van der Waals surface area contributed by atoms with Crippen molar-refractivity contribution in [2.45, 2.75) is 72.1 Å². The van der Waals surface area contributed by atoms with E-state index in [2.05, 4.69) is 53.7 Å². The third-order valence-corrected chi connectivity index (χ3v) is 6.10. The van der Waals surface area contributed by atoms with Crippen molar-refractivity contribution in [3.05, 3.63) is 59.2 Å². The Labute approximate surface area is 180 Å². The Bertz CT molecular complexity index is 932. The summed E-state index contributed by atoms with van der Waals surface area (Å²) >= 11 is 0.